The van der Waals surface area contributed by atoms with E-state index in [4.69, 9.17) is 11.6 Å². The topological polar surface area (TPSA) is 63.1 Å². The van der Waals surface area contributed by atoms with Crippen LogP contribution in [-0.2, 0) is 13.6 Å². The average Bonchev–Trinajstić information content (AvgIpc) is 3.32. The van der Waals surface area contributed by atoms with Gasteiger partial charge in [0.2, 0.25) is 0 Å². The number of urea groups is 1. The molecule has 1 saturated heterocycles. The molecule has 0 radical (unpaired) electrons. The number of aromatic nitrogens is 3. The van der Waals surface area contributed by atoms with Crippen molar-refractivity contribution in [2.45, 2.75) is 32.4 Å². The molecular formula is C18H20ClN5OS. The molecule has 8 heteroatoms. The zero-order valence-electron chi connectivity index (χ0n) is 14.7. The maximum absolute atomic E-state index is 12.8. The number of thiophene rings is 1. The number of likely N-dealkylation sites (tertiary alicyclic amines) is 1. The minimum Gasteiger partial charge on any atom is -0.333 e. The van der Waals surface area contributed by atoms with Gasteiger partial charge >= 0.3 is 6.03 Å². The third-order valence-corrected chi connectivity index (χ3v) is 6.46. The van der Waals surface area contributed by atoms with Gasteiger partial charge in [0.25, 0.3) is 0 Å². The first-order valence-corrected chi connectivity index (χ1v) is 9.80. The minimum atomic E-state index is -0.0506. The zero-order chi connectivity index (χ0) is 18.3. The molecule has 136 valence electrons. The van der Waals surface area contributed by atoms with E-state index in [1.165, 1.54) is 10.3 Å². The fraction of sp³-hybridized carbons (Fsp3) is 0.389. The number of hydrogen-bond acceptors (Lipinski definition) is 4. The first kappa shape index (κ1) is 17.3. The van der Waals surface area contributed by atoms with Crippen LogP contribution in [0.1, 0.15) is 35.1 Å². The number of rotatable bonds is 3. The number of halogens is 1. The van der Waals surface area contributed by atoms with Gasteiger partial charge in [-0.3, -0.25) is 0 Å². The Balaban J connectivity index is 1.49. The van der Waals surface area contributed by atoms with Crippen LogP contribution in [0.3, 0.4) is 0 Å². The Morgan fingerprint density at radius 3 is 3.08 bits per heavy atom. The molecule has 26 heavy (non-hydrogen) atoms. The summed E-state index contributed by atoms with van der Waals surface area (Å²) >= 11 is 7.81. The molecule has 1 atom stereocenters. The molecule has 2 aromatic heterocycles. The first-order chi connectivity index (χ1) is 12.5. The van der Waals surface area contributed by atoms with E-state index in [1.807, 2.05) is 34.7 Å². The lowest BCUT2D eigenvalue weighted by molar-refractivity contribution is 0.189. The van der Waals surface area contributed by atoms with E-state index < -0.39 is 0 Å². The molecule has 6 nitrogen and oxygen atoms in total. The van der Waals surface area contributed by atoms with Crippen LogP contribution >= 0.6 is 22.9 Å². The van der Waals surface area contributed by atoms with Crippen molar-refractivity contribution in [1.82, 2.24) is 25.0 Å². The summed E-state index contributed by atoms with van der Waals surface area (Å²) in [4.78, 5) is 15.8. The largest absolute Gasteiger partial charge is 0.333 e. The molecule has 1 aliphatic rings. The highest BCUT2D eigenvalue weighted by Crippen LogP contribution is 2.33. The second-order valence-corrected chi connectivity index (χ2v) is 8.17. The van der Waals surface area contributed by atoms with Crippen LogP contribution in [0.2, 0.25) is 5.02 Å². The van der Waals surface area contributed by atoms with Crippen molar-refractivity contribution in [1.29, 1.82) is 0 Å². The van der Waals surface area contributed by atoms with Gasteiger partial charge in [0, 0.05) is 28.2 Å². The Morgan fingerprint density at radius 1 is 1.46 bits per heavy atom. The fourth-order valence-corrected chi connectivity index (χ4v) is 4.84. The number of carbonyl (C=O) groups excluding carboxylic acids is 1. The lowest BCUT2D eigenvalue weighted by Gasteiger charge is -2.24. The molecule has 1 unspecified atom stereocenters. The number of amides is 2. The molecule has 1 N–H and O–H groups in total. The van der Waals surface area contributed by atoms with Gasteiger partial charge in [-0.05, 0) is 48.9 Å². The Bertz CT molecular complexity index is 966. The fourth-order valence-electron chi connectivity index (χ4n) is 3.54. The Kier molecular flexibility index (Phi) is 4.58. The molecule has 3 aromatic rings. The van der Waals surface area contributed by atoms with Gasteiger partial charge in [-0.1, -0.05) is 11.6 Å². The molecule has 0 spiro atoms. The van der Waals surface area contributed by atoms with Crippen LogP contribution in [0.25, 0.3) is 10.1 Å². The SMILES string of the molecule is Cc1c(CNC(=O)N2CCCC2c2nncn2C)sc2ccc(Cl)cc12. The molecule has 0 aliphatic carbocycles. The highest BCUT2D eigenvalue weighted by molar-refractivity contribution is 7.19. The van der Waals surface area contributed by atoms with Crippen LogP contribution in [0.4, 0.5) is 4.79 Å². The normalized spacial score (nSPS) is 17.2. The second kappa shape index (κ2) is 6.89. The average molecular weight is 390 g/mol. The molecule has 1 aliphatic heterocycles. The molecule has 1 aromatic carbocycles. The smallest absolute Gasteiger partial charge is 0.318 e. The summed E-state index contributed by atoms with van der Waals surface area (Å²) in [5.74, 6) is 0.838. The van der Waals surface area contributed by atoms with Crippen LogP contribution < -0.4 is 5.32 Å². The summed E-state index contributed by atoms with van der Waals surface area (Å²) in [5, 5.41) is 13.1. The van der Waals surface area contributed by atoms with Crippen LogP contribution in [0, 0.1) is 6.92 Å². The lowest BCUT2D eigenvalue weighted by Crippen LogP contribution is -2.39. The zero-order valence-corrected chi connectivity index (χ0v) is 16.3. The first-order valence-electron chi connectivity index (χ1n) is 8.60. The van der Waals surface area contributed by atoms with Crippen molar-refractivity contribution in [3.63, 3.8) is 0 Å². The number of fused-ring (bicyclic) bond motifs is 1. The van der Waals surface area contributed by atoms with Crippen molar-refractivity contribution >= 4 is 39.1 Å². The second-order valence-electron chi connectivity index (χ2n) is 6.60. The molecule has 0 saturated carbocycles. The molecular weight excluding hydrogens is 370 g/mol. The van der Waals surface area contributed by atoms with Gasteiger partial charge in [0.05, 0.1) is 12.6 Å². The maximum atomic E-state index is 12.8. The highest BCUT2D eigenvalue weighted by atomic mass is 35.5. The number of nitrogens with one attached hydrogen (secondary N) is 1. The van der Waals surface area contributed by atoms with Crippen LogP contribution in [0.15, 0.2) is 24.5 Å². The van der Waals surface area contributed by atoms with E-state index in [0.717, 1.165) is 40.5 Å². The summed E-state index contributed by atoms with van der Waals surface area (Å²) in [5.41, 5.74) is 1.18. The van der Waals surface area contributed by atoms with Crippen molar-refractivity contribution in [3.05, 3.63) is 45.8 Å². The maximum Gasteiger partial charge on any atom is 0.318 e. The number of carbonyl (C=O) groups is 1. The predicted octanol–water partition coefficient (Wildman–Crippen LogP) is 4.04. The Hall–Kier alpha value is -2.12. The summed E-state index contributed by atoms with van der Waals surface area (Å²) in [6, 6.07) is 5.86. The molecule has 2 amide bonds. The molecule has 1 fully saturated rings. The van der Waals surface area contributed by atoms with Gasteiger partial charge < -0.3 is 14.8 Å². The third-order valence-electron chi connectivity index (χ3n) is 4.96. The van der Waals surface area contributed by atoms with Gasteiger partial charge in [-0.25, -0.2) is 4.79 Å². The summed E-state index contributed by atoms with van der Waals surface area (Å²) in [7, 11) is 1.91. The van der Waals surface area contributed by atoms with E-state index in [2.05, 4.69) is 22.4 Å². The predicted molar refractivity (Wildman–Crippen MR) is 103 cm³/mol. The van der Waals surface area contributed by atoms with E-state index >= 15 is 0 Å². The summed E-state index contributed by atoms with van der Waals surface area (Å²) in [6.07, 6.45) is 3.57. The van der Waals surface area contributed by atoms with Gasteiger partial charge in [0.15, 0.2) is 5.82 Å². The standard InChI is InChI=1S/C18H20ClN5OS/c1-11-13-8-12(19)5-6-15(13)26-16(11)9-20-18(25)24-7-3-4-14(24)17-22-21-10-23(17)2/h5-6,8,10,14H,3-4,7,9H2,1-2H3,(H,20,25). The van der Waals surface area contributed by atoms with Crippen molar-refractivity contribution in [2.24, 2.45) is 7.05 Å². The Labute approximate surface area is 160 Å². The quantitative estimate of drug-likeness (QED) is 0.735. The van der Waals surface area contributed by atoms with Crippen molar-refractivity contribution < 1.29 is 4.79 Å². The molecule has 4 rings (SSSR count). The van der Waals surface area contributed by atoms with Gasteiger partial charge in [0.1, 0.15) is 6.33 Å². The third kappa shape index (κ3) is 3.05. The lowest BCUT2D eigenvalue weighted by atomic mass is 10.1. The monoisotopic (exact) mass is 389 g/mol. The van der Waals surface area contributed by atoms with Crippen LogP contribution in [0.5, 0.6) is 0 Å². The number of benzene rings is 1. The van der Waals surface area contributed by atoms with Crippen molar-refractivity contribution in [2.75, 3.05) is 6.54 Å². The van der Waals surface area contributed by atoms with Crippen molar-refractivity contribution in [3.8, 4) is 0 Å². The number of aryl methyl sites for hydroxylation is 2. The summed E-state index contributed by atoms with van der Waals surface area (Å²) in [6.45, 7) is 3.34. The Morgan fingerprint density at radius 2 is 2.31 bits per heavy atom. The van der Waals surface area contributed by atoms with E-state index in [9.17, 15) is 4.79 Å². The minimum absolute atomic E-state index is 0.00943. The van der Waals surface area contributed by atoms with E-state index in [0.29, 0.717) is 6.54 Å². The van der Waals surface area contributed by atoms with E-state index in [1.54, 1.807) is 17.7 Å². The van der Waals surface area contributed by atoms with Crippen LogP contribution in [-0.4, -0.2) is 32.2 Å². The van der Waals surface area contributed by atoms with E-state index in [-0.39, 0.29) is 12.1 Å². The van der Waals surface area contributed by atoms with Gasteiger partial charge in [-0.2, -0.15) is 0 Å². The molecule has 3 heterocycles. The molecule has 0 bridgehead atoms. The number of hydrogen-bond donors (Lipinski definition) is 1. The summed E-state index contributed by atoms with van der Waals surface area (Å²) < 4.78 is 3.07. The highest BCUT2D eigenvalue weighted by Gasteiger charge is 2.32. The number of nitrogens with zero attached hydrogens (tertiary/aromatic N) is 4. The van der Waals surface area contributed by atoms with Gasteiger partial charge in [-0.15, -0.1) is 21.5 Å².